The Hall–Kier alpha value is -2.32. The van der Waals surface area contributed by atoms with Crippen LogP contribution in [0.2, 0.25) is 0 Å². The van der Waals surface area contributed by atoms with Gasteiger partial charge in [0, 0.05) is 18.9 Å². The largest absolute Gasteiger partial charge is 0.465 e. The summed E-state index contributed by atoms with van der Waals surface area (Å²) in [5.41, 5.74) is -2.60. The van der Waals surface area contributed by atoms with E-state index in [0.717, 1.165) is 0 Å². The summed E-state index contributed by atoms with van der Waals surface area (Å²) >= 11 is 0. The van der Waals surface area contributed by atoms with Crippen LogP contribution in [-0.4, -0.2) is 60.6 Å². The van der Waals surface area contributed by atoms with Crippen molar-refractivity contribution in [2.45, 2.75) is 58.0 Å². The van der Waals surface area contributed by atoms with Gasteiger partial charge in [-0.25, -0.2) is 4.79 Å². The number of epoxide rings is 1. The van der Waals surface area contributed by atoms with Crippen molar-refractivity contribution in [3.05, 3.63) is 23.8 Å². The summed E-state index contributed by atoms with van der Waals surface area (Å²) in [6.45, 7) is 9.87. The van der Waals surface area contributed by atoms with Gasteiger partial charge < -0.3 is 18.9 Å². The lowest BCUT2D eigenvalue weighted by Crippen LogP contribution is -2.67. The minimum absolute atomic E-state index is 0.0178. The minimum atomic E-state index is -1.21. The molecule has 8 heteroatoms. The Labute approximate surface area is 168 Å². The summed E-state index contributed by atoms with van der Waals surface area (Å²) in [5, 5.41) is 0. The third-order valence-corrected chi connectivity index (χ3v) is 7.08. The lowest BCUT2D eigenvalue weighted by atomic mass is 9.51. The fourth-order valence-electron chi connectivity index (χ4n) is 5.23. The van der Waals surface area contributed by atoms with E-state index in [-0.39, 0.29) is 31.0 Å². The first-order valence-electron chi connectivity index (χ1n) is 9.55. The van der Waals surface area contributed by atoms with E-state index in [0.29, 0.717) is 5.57 Å². The lowest BCUT2D eigenvalue weighted by Gasteiger charge is -2.57. The molecule has 2 aliphatic carbocycles. The molecule has 0 N–H and O–H groups in total. The zero-order valence-corrected chi connectivity index (χ0v) is 16.9. The van der Waals surface area contributed by atoms with Gasteiger partial charge in [0.25, 0.3) is 0 Å². The molecule has 1 saturated carbocycles. The molecule has 3 unspecified atom stereocenters. The SMILES string of the molecule is C=C(C)C(=O)O[C@@H]1C(=O)C2OC3C=C(C)C(=O)C[C@]3(COC(C)=O)[C@]1(C)C21CO1. The smallest absolute Gasteiger partial charge is 0.333 e. The molecule has 0 aromatic rings. The van der Waals surface area contributed by atoms with Crippen molar-refractivity contribution in [2.75, 3.05) is 13.2 Å². The van der Waals surface area contributed by atoms with Gasteiger partial charge in [0.1, 0.15) is 12.2 Å². The number of carbonyl (C=O) groups is 4. The first-order chi connectivity index (χ1) is 13.5. The molecule has 0 radical (unpaired) electrons. The van der Waals surface area contributed by atoms with E-state index >= 15 is 0 Å². The van der Waals surface area contributed by atoms with Crippen LogP contribution in [0.3, 0.4) is 0 Å². The predicted molar refractivity (Wildman–Crippen MR) is 97.6 cm³/mol. The number of Topliss-reactive ketones (excluding diaryl/α,β-unsaturated/α-hetero) is 2. The Kier molecular flexibility index (Phi) is 4.19. The van der Waals surface area contributed by atoms with Crippen molar-refractivity contribution in [1.29, 1.82) is 0 Å². The number of esters is 2. The average Bonchev–Trinajstić information content (AvgIpc) is 3.42. The summed E-state index contributed by atoms with van der Waals surface area (Å²) in [4.78, 5) is 50.0. The molecule has 2 heterocycles. The van der Waals surface area contributed by atoms with Crippen molar-refractivity contribution in [1.82, 2.24) is 0 Å². The Bertz CT molecular complexity index is 881. The highest BCUT2D eigenvalue weighted by Crippen LogP contribution is 2.70. The topological polar surface area (TPSA) is 109 Å². The van der Waals surface area contributed by atoms with E-state index in [1.807, 2.05) is 0 Å². The fraction of sp³-hybridized carbons (Fsp3) is 0.619. The third kappa shape index (κ3) is 2.39. The quantitative estimate of drug-likeness (QED) is 0.389. The predicted octanol–water partition coefficient (Wildman–Crippen LogP) is 1.07. The van der Waals surface area contributed by atoms with Crippen molar-refractivity contribution >= 4 is 23.5 Å². The van der Waals surface area contributed by atoms with Crippen molar-refractivity contribution in [2.24, 2.45) is 10.8 Å². The zero-order valence-electron chi connectivity index (χ0n) is 16.9. The van der Waals surface area contributed by atoms with Gasteiger partial charge in [0.2, 0.25) is 5.78 Å². The molecular formula is C21H24O8. The van der Waals surface area contributed by atoms with E-state index in [2.05, 4.69) is 6.58 Å². The molecule has 29 heavy (non-hydrogen) atoms. The van der Waals surface area contributed by atoms with Crippen LogP contribution < -0.4 is 0 Å². The molecule has 156 valence electrons. The minimum Gasteiger partial charge on any atom is -0.465 e. The van der Waals surface area contributed by atoms with Gasteiger partial charge in [-0.3, -0.25) is 14.4 Å². The van der Waals surface area contributed by atoms with Gasteiger partial charge in [-0.15, -0.1) is 0 Å². The molecule has 6 atom stereocenters. The zero-order chi connectivity index (χ0) is 21.4. The standard InChI is InChI=1S/C21H24O8/c1-10(2)18(25)29-16-15(24)17-21(9-27-21)19(16,5)20(8-26-12(4)22)7-13(23)11(3)6-14(20)28-17/h6,14,16-17H,1,7-9H2,2-5H3/t14?,16-,17?,19-,20-,21?/m1/s1. The highest BCUT2D eigenvalue weighted by atomic mass is 16.6. The van der Waals surface area contributed by atoms with Crippen molar-refractivity contribution in [3.8, 4) is 0 Å². The van der Waals surface area contributed by atoms with Gasteiger partial charge in [-0.1, -0.05) is 13.5 Å². The van der Waals surface area contributed by atoms with Gasteiger partial charge in [0.15, 0.2) is 18.0 Å². The fourth-order valence-corrected chi connectivity index (χ4v) is 5.23. The number of fused-ring (bicyclic) bond motifs is 2. The van der Waals surface area contributed by atoms with Crippen LogP contribution in [0.5, 0.6) is 0 Å². The van der Waals surface area contributed by atoms with Crippen LogP contribution in [0.15, 0.2) is 23.8 Å². The van der Waals surface area contributed by atoms with Crippen LogP contribution in [0.1, 0.15) is 34.1 Å². The molecule has 2 saturated heterocycles. The maximum absolute atomic E-state index is 13.3. The Morgan fingerprint density at radius 3 is 2.52 bits per heavy atom. The van der Waals surface area contributed by atoms with Gasteiger partial charge >= 0.3 is 11.9 Å². The van der Waals surface area contributed by atoms with Crippen LogP contribution in [-0.2, 0) is 38.1 Å². The first-order valence-corrected chi connectivity index (χ1v) is 9.55. The van der Waals surface area contributed by atoms with E-state index in [1.165, 1.54) is 13.8 Å². The molecular weight excluding hydrogens is 380 g/mol. The molecule has 2 aliphatic heterocycles. The maximum atomic E-state index is 13.3. The van der Waals surface area contributed by atoms with Crippen molar-refractivity contribution in [3.63, 3.8) is 0 Å². The molecule has 4 rings (SSSR count). The van der Waals surface area contributed by atoms with E-state index in [1.54, 1.807) is 19.9 Å². The monoisotopic (exact) mass is 404 g/mol. The molecule has 2 bridgehead atoms. The van der Waals surface area contributed by atoms with Crippen molar-refractivity contribution < 1.29 is 38.1 Å². The van der Waals surface area contributed by atoms with Crippen LogP contribution >= 0.6 is 0 Å². The summed E-state index contributed by atoms with van der Waals surface area (Å²) in [5.74, 6) is -1.78. The third-order valence-electron chi connectivity index (χ3n) is 7.08. The van der Waals surface area contributed by atoms with Gasteiger partial charge in [0.05, 0.1) is 23.5 Å². The number of carbonyl (C=O) groups excluding carboxylic acids is 4. The number of ketones is 2. The van der Waals surface area contributed by atoms with Gasteiger partial charge in [-0.2, -0.15) is 0 Å². The molecule has 0 aromatic heterocycles. The molecule has 8 nitrogen and oxygen atoms in total. The summed E-state index contributed by atoms with van der Waals surface area (Å²) < 4.78 is 22.9. The summed E-state index contributed by atoms with van der Waals surface area (Å²) in [7, 11) is 0. The second-order valence-corrected chi connectivity index (χ2v) is 8.67. The molecule has 0 aromatic carbocycles. The number of allylic oxidation sites excluding steroid dienone is 1. The molecule has 1 spiro atoms. The van der Waals surface area contributed by atoms with Crippen LogP contribution in [0.25, 0.3) is 0 Å². The first kappa shape index (κ1) is 20.0. The van der Waals surface area contributed by atoms with Crippen LogP contribution in [0, 0.1) is 10.8 Å². The summed E-state index contributed by atoms with van der Waals surface area (Å²) in [6.07, 6.45) is -1.15. The molecule has 0 amide bonds. The second kappa shape index (κ2) is 6.09. The molecule has 4 aliphatic rings. The van der Waals surface area contributed by atoms with E-state index in [4.69, 9.17) is 18.9 Å². The number of ether oxygens (including phenoxy) is 4. The highest BCUT2D eigenvalue weighted by Gasteiger charge is 2.86. The number of hydrogen-bond donors (Lipinski definition) is 0. The maximum Gasteiger partial charge on any atom is 0.333 e. The Morgan fingerprint density at radius 1 is 1.31 bits per heavy atom. The van der Waals surface area contributed by atoms with E-state index in [9.17, 15) is 19.2 Å². The lowest BCUT2D eigenvalue weighted by molar-refractivity contribution is -0.231. The number of rotatable bonds is 4. The Morgan fingerprint density at radius 2 is 1.97 bits per heavy atom. The second-order valence-electron chi connectivity index (χ2n) is 8.67. The number of hydrogen-bond acceptors (Lipinski definition) is 8. The normalized spacial score (nSPS) is 42.2. The Balaban J connectivity index is 1.88. The summed E-state index contributed by atoms with van der Waals surface area (Å²) in [6, 6.07) is 0. The van der Waals surface area contributed by atoms with Gasteiger partial charge in [-0.05, 0) is 25.5 Å². The average molecular weight is 404 g/mol. The van der Waals surface area contributed by atoms with E-state index < -0.39 is 52.5 Å². The highest BCUT2D eigenvalue weighted by molar-refractivity contribution is 6.00. The van der Waals surface area contributed by atoms with Crippen LogP contribution in [0.4, 0.5) is 0 Å². The molecule has 3 fully saturated rings.